The molecule has 1 aromatic heterocycles. The van der Waals surface area contributed by atoms with E-state index < -0.39 is 5.97 Å². The molecule has 1 unspecified atom stereocenters. The third-order valence-corrected chi connectivity index (χ3v) is 6.78. The predicted molar refractivity (Wildman–Crippen MR) is 155 cm³/mol. The SMILES string of the molecule is CCCCCC(CC)COC(=O)c1nn(C)c(O)c1/N=N/c1cc(C)c(/N=N/c2cccc(CC)c2)cc1OC. The molecule has 0 fully saturated rings. The largest absolute Gasteiger partial charge is 0.494 e. The van der Waals surface area contributed by atoms with Crippen LogP contribution in [0, 0.1) is 12.8 Å². The van der Waals surface area contributed by atoms with Gasteiger partial charge < -0.3 is 14.6 Å². The fraction of sp³-hybridized carbons (Fsp3) is 0.467. The van der Waals surface area contributed by atoms with Crippen molar-refractivity contribution in [3.05, 3.63) is 53.2 Å². The van der Waals surface area contributed by atoms with E-state index >= 15 is 0 Å². The van der Waals surface area contributed by atoms with Gasteiger partial charge in [0.05, 0.1) is 25.1 Å². The molecule has 1 heterocycles. The number of azo groups is 2. The van der Waals surface area contributed by atoms with Crippen molar-refractivity contribution >= 4 is 28.7 Å². The van der Waals surface area contributed by atoms with E-state index in [0.29, 0.717) is 23.7 Å². The summed E-state index contributed by atoms with van der Waals surface area (Å²) in [7, 11) is 3.04. The van der Waals surface area contributed by atoms with E-state index in [1.807, 2.05) is 25.1 Å². The van der Waals surface area contributed by atoms with Crippen LogP contribution >= 0.6 is 0 Å². The number of benzene rings is 2. The van der Waals surface area contributed by atoms with Gasteiger partial charge in [-0.2, -0.15) is 15.3 Å². The molecule has 0 spiro atoms. The molecule has 3 rings (SSSR count). The topological polar surface area (TPSA) is 123 Å². The minimum atomic E-state index is -0.648. The molecule has 3 aromatic rings. The van der Waals surface area contributed by atoms with Crippen LogP contribution in [0.15, 0.2) is 56.9 Å². The van der Waals surface area contributed by atoms with Crippen molar-refractivity contribution in [3.63, 3.8) is 0 Å². The number of nitrogens with zero attached hydrogens (tertiary/aromatic N) is 6. The number of carbonyl (C=O) groups excluding carboxylic acids is 1. The second kappa shape index (κ2) is 14.9. The number of carbonyl (C=O) groups is 1. The van der Waals surface area contributed by atoms with E-state index in [4.69, 9.17) is 9.47 Å². The van der Waals surface area contributed by atoms with E-state index in [1.54, 1.807) is 12.1 Å². The Morgan fingerprint density at radius 1 is 1.05 bits per heavy atom. The van der Waals surface area contributed by atoms with Crippen molar-refractivity contribution in [1.29, 1.82) is 0 Å². The van der Waals surface area contributed by atoms with E-state index in [-0.39, 0.29) is 23.2 Å². The summed E-state index contributed by atoms with van der Waals surface area (Å²) in [6.45, 7) is 8.51. The van der Waals surface area contributed by atoms with E-state index in [1.165, 1.54) is 24.4 Å². The fourth-order valence-electron chi connectivity index (χ4n) is 4.15. The third-order valence-electron chi connectivity index (χ3n) is 6.78. The van der Waals surface area contributed by atoms with Crippen molar-refractivity contribution in [2.75, 3.05) is 13.7 Å². The van der Waals surface area contributed by atoms with Gasteiger partial charge in [-0.3, -0.25) is 0 Å². The van der Waals surface area contributed by atoms with Gasteiger partial charge in [-0.15, -0.1) is 10.2 Å². The van der Waals surface area contributed by atoms with Crippen molar-refractivity contribution < 1.29 is 19.4 Å². The second-order valence-corrected chi connectivity index (χ2v) is 9.75. The minimum Gasteiger partial charge on any atom is -0.494 e. The molecule has 10 nitrogen and oxygen atoms in total. The lowest BCUT2D eigenvalue weighted by atomic mass is 10.00. The van der Waals surface area contributed by atoms with Crippen LogP contribution in [0.5, 0.6) is 11.6 Å². The van der Waals surface area contributed by atoms with Crippen LogP contribution in [0.1, 0.15) is 74.5 Å². The van der Waals surface area contributed by atoms with E-state index in [0.717, 1.165) is 49.8 Å². The third kappa shape index (κ3) is 7.97. The van der Waals surface area contributed by atoms with Crippen molar-refractivity contribution in [2.24, 2.45) is 33.4 Å². The van der Waals surface area contributed by atoms with Crippen molar-refractivity contribution in [3.8, 4) is 11.6 Å². The molecule has 0 aliphatic carbocycles. The van der Waals surface area contributed by atoms with Crippen LogP contribution in [0.3, 0.4) is 0 Å². The summed E-state index contributed by atoms with van der Waals surface area (Å²) in [4.78, 5) is 12.9. The molecule has 0 saturated heterocycles. The number of aryl methyl sites for hydroxylation is 3. The number of ether oxygens (including phenoxy) is 2. The number of hydrogen-bond donors (Lipinski definition) is 1. The molecule has 2 aromatic carbocycles. The highest BCUT2D eigenvalue weighted by Gasteiger charge is 2.24. The number of aromatic hydroxyl groups is 1. The summed E-state index contributed by atoms with van der Waals surface area (Å²) in [5.41, 5.74) is 3.61. The number of hydrogen-bond acceptors (Lipinski definition) is 9. The minimum absolute atomic E-state index is 0.0641. The highest BCUT2D eigenvalue weighted by molar-refractivity contribution is 5.94. The Hall–Kier alpha value is -4.08. The lowest BCUT2D eigenvalue weighted by molar-refractivity contribution is 0.0421. The average Bonchev–Trinajstić information content (AvgIpc) is 3.25. The van der Waals surface area contributed by atoms with Gasteiger partial charge in [-0.1, -0.05) is 58.6 Å². The molecule has 0 saturated carbocycles. The predicted octanol–water partition coefficient (Wildman–Crippen LogP) is 8.60. The highest BCUT2D eigenvalue weighted by atomic mass is 16.5. The zero-order valence-corrected chi connectivity index (χ0v) is 24.3. The lowest BCUT2D eigenvalue weighted by Crippen LogP contribution is -2.14. The molecule has 1 atom stereocenters. The molecule has 0 bridgehead atoms. The Kier molecular flexibility index (Phi) is 11.4. The first-order chi connectivity index (χ1) is 19.3. The van der Waals surface area contributed by atoms with Gasteiger partial charge in [0.15, 0.2) is 5.69 Å². The van der Waals surface area contributed by atoms with Crippen LogP contribution < -0.4 is 4.74 Å². The Morgan fingerprint density at radius 2 is 1.82 bits per heavy atom. The summed E-state index contributed by atoms with van der Waals surface area (Å²) < 4.78 is 12.2. The normalized spacial score (nSPS) is 12.3. The zero-order valence-electron chi connectivity index (χ0n) is 24.3. The monoisotopic (exact) mass is 548 g/mol. The maximum Gasteiger partial charge on any atom is 0.361 e. The molecule has 40 heavy (non-hydrogen) atoms. The Bertz CT molecular complexity index is 1350. The fourth-order valence-corrected chi connectivity index (χ4v) is 4.15. The van der Waals surface area contributed by atoms with Crippen LogP contribution in [0.25, 0.3) is 0 Å². The first kappa shape index (κ1) is 30.5. The highest BCUT2D eigenvalue weighted by Crippen LogP contribution is 2.38. The average molecular weight is 549 g/mol. The molecule has 1 N–H and O–H groups in total. The molecular formula is C30H40N6O4. The second-order valence-electron chi connectivity index (χ2n) is 9.75. The quantitative estimate of drug-likeness (QED) is 0.123. The van der Waals surface area contributed by atoms with Gasteiger partial charge >= 0.3 is 5.97 Å². The van der Waals surface area contributed by atoms with Crippen LogP contribution in [0.2, 0.25) is 0 Å². The molecule has 0 radical (unpaired) electrons. The van der Waals surface area contributed by atoms with Gasteiger partial charge in [-0.25, -0.2) is 9.48 Å². The maximum atomic E-state index is 12.9. The summed E-state index contributed by atoms with van der Waals surface area (Å²) in [5.74, 6) is -0.252. The Balaban J connectivity index is 1.81. The van der Waals surface area contributed by atoms with Gasteiger partial charge in [0.1, 0.15) is 11.4 Å². The number of unbranched alkanes of at least 4 members (excludes halogenated alkanes) is 2. The van der Waals surface area contributed by atoms with Crippen molar-refractivity contribution in [1.82, 2.24) is 9.78 Å². The zero-order chi connectivity index (χ0) is 29.1. The first-order valence-electron chi connectivity index (χ1n) is 13.8. The molecule has 0 amide bonds. The van der Waals surface area contributed by atoms with Crippen molar-refractivity contribution in [2.45, 2.75) is 66.2 Å². The van der Waals surface area contributed by atoms with Gasteiger partial charge in [0, 0.05) is 13.1 Å². The van der Waals surface area contributed by atoms with Gasteiger partial charge in [0.2, 0.25) is 11.6 Å². The molecule has 214 valence electrons. The summed E-state index contributed by atoms with van der Waals surface area (Å²) in [5, 5.41) is 31.9. The Labute approximate surface area is 236 Å². The standard InChI is InChI=1S/C30H40N6O4/c1-7-10-11-13-22(9-3)19-40-30(38)28-27(29(37)36(5)35-28)34-33-25-16-20(4)24(18-26(25)39-6)32-31-23-15-12-14-21(8-2)17-23/h12,14-18,22,37H,7-11,13,19H2,1-6H3/b32-31+,34-33+. The molecule has 0 aliphatic rings. The van der Waals surface area contributed by atoms with E-state index in [9.17, 15) is 9.90 Å². The number of aromatic nitrogens is 2. The smallest absolute Gasteiger partial charge is 0.361 e. The maximum absolute atomic E-state index is 12.9. The molecule has 0 aliphatic heterocycles. The first-order valence-corrected chi connectivity index (χ1v) is 13.8. The summed E-state index contributed by atoms with van der Waals surface area (Å²) in [6, 6.07) is 11.4. The van der Waals surface area contributed by atoms with Gasteiger partial charge in [-0.05, 0) is 55.0 Å². The van der Waals surface area contributed by atoms with E-state index in [2.05, 4.69) is 52.4 Å². The van der Waals surface area contributed by atoms with Crippen LogP contribution in [0.4, 0.5) is 22.7 Å². The summed E-state index contributed by atoms with van der Waals surface area (Å²) in [6.07, 6.45) is 6.23. The Morgan fingerprint density at radius 3 is 2.52 bits per heavy atom. The molecular weight excluding hydrogens is 508 g/mol. The van der Waals surface area contributed by atoms with Gasteiger partial charge in [0.25, 0.3) is 0 Å². The van der Waals surface area contributed by atoms with Crippen LogP contribution in [-0.2, 0) is 18.2 Å². The number of methoxy groups -OCH3 is 1. The van der Waals surface area contributed by atoms with Crippen LogP contribution in [-0.4, -0.2) is 34.6 Å². The lowest BCUT2D eigenvalue weighted by Gasteiger charge is -2.14. The molecule has 10 heteroatoms. The number of rotatable bonds is 14. The number of esters is 1. The summed E-state index contributed by atoms with van der Waals surface area (Å²) >= 11 is 0.